The number of nitrogens with one attached hydrogen (secondary N) is 1. The van der Waals surface area contributed by atoms with Gasteiger partial charge in [-0.05, 0) is 45.8 Å². The number of aliphatic carboxylic acids is 1. The van der Waals surface area contributed by atoms with Crippen molar-refractivity contribution in [2.75, 3.05) is 33.7 Å². The van der Waals surface area contributed by atoms with E-state index in [4.69, 9.17) is 5.11 Å². The average molecular weight is 287 g/mol. The van der Waals surface area contributed by atoms with Crippen LogP contribution in [0.15, 0.2) is 0 Å². The summed E-state index contributed by atoms with van der Waals surface area (Å²) in [6, 6.07) is -1.74. The first-order chi connectivity index (χ1) is 9.31. The molecule has 0 spiro atoms. The van der Waals surface area contributed by atoms with Crippen LogP contribution < -0.4 is 5.32 Å². The number of rotatable bonds is 5. The highest BCUT2D eigenvalue weighted by Gasteiger charge is 2.27. The van der Waals surface area contributed by atoms with Gasteiger partial charge in [0.15, 0.2) is 6.04 Å². The number of aliphatic hydroxyl groups is 1. The monoisotopic (exact) mass is 287 g/mol. The lowest BCUT2D eigenvalue weighted by Crippen LogP contribution is -2.52. The zero-order valence-electron chi connectivity index (χ0n) is 12.4. The number of likely N-dealkylation sites (tertiary alicyclic amines) is 1. The second kappa shape index (κ2) is 7.44. The van der Waals surface area contributed by atoms with Gasteiger partial charge in [0.1, 0.15) is 0 Å². The highest BCUT2D eigenvalue weighted by molar-refractivity contribution is 5.82. The first-order valence-electron chi connectivity index (χ1n) is 6.92. The van der Waals surface area contributed by atoms with Crippen molar-refractivity contribution in [1.82, 2.24) is 15.1 Å². The molecular weight excluding hydrogens is 262 g/mol. The van der Waals surface area contributed by atoms with Crippen molar-refractivity contribution in [3.8, 4) is 0 Å². The molecule has 0 aromatic carbocycles. The van der Waals surface area contributed by atoms with Gasteiger partial charge in [0.2, 0.25) is 0 Å². The molecule has 7 nitrogen and oxygen atoms in total. The molecule has 2 atom stereocenters. The van der Waals surface area contributed by atoms with Gasteiger partial charge in [-0.2, -0.15) is 0 Å². The predicted molar refractivity (Wildman–Crippen MR) is 74.5 cm³/mol. The molecule has 20 heavy (non-hydrogen) atoms. The third-order valence-electron chi connectivity index (χ3n) is 3.74. The summed E-state index contributed by atoms with van der Waals surface area (Å²) >= 11 is 0. The Labute approximate surface area is 119 Å². The molecule has 0 radical (unpaired) electrons. The normalized spacial score (nSPS) is 20.2. The Balaban J connectivity index is 2.44. The number of carboxylic acid groups (broad SMARTS) is 1. The van der Waals surface area contributed by atoms with Gasteiger partial charge in [0, 0.05) is 13.6 Å². The second-order valence-electron chi connectivity index (χ2n) is 5.63. The highest BCUT2D eigenvalue weighted by Crippen LogP contribution is 2.16. The smallest absolute Gasteiger partial charge is 0.328 e. The van der Waals surface area contributed by atoms with Gasteiger partial charge in [-0.15, -0.1) is 0 Å². The number of urea groups is 1. The molecule has 1 aliphatic heterocycles. The van der Waals surface area contributed by atoms with Gasteiger partial charge in [-0.3, -0.25) is 0 Å². The number of hydrogen-bond donors (Lipinski definition) is 3. The minimum absolute atomic E-state index is 0.441. The van der Waals surface area contributed by atoms with Crippen LogP contribution >= 0.6 is 0 Å². The Hall–Kier alpha value is -1.34. The van der Waals surface area contributed by atoms with E-state index in [0.717, 1.165) is 25.9 Å². The van der Waals surface area contributed by atoms with E-state index in [-0.39, 0.29) is 0 Å². The van der Waals surface area contributed by atoms with Crippen LogP contribution in [0.2, 0.25) is 0 Å². The summed E-state index contributed by atoms with van der Waals surface area (Å²) in [5.74, 6) is -0.794. The van der Waals surface area contributed by atoms with Crippen molar-refractivity contribution in [2.24, 2.45) is 5.92 Å². The summed E-state index contributed by atoms with van der Waals surface area (Å²) in [5.41, 5.74) is 0. The van der Waals surface area contributed by atoms with Gasteiger partial charge in [0.25, 0.3) is 0 Å². The number of amides is 2. The van der Waals surface area contributed by atoms with Crippen LogP contribution in [0.1, 0.15) is 19.8 Å². The first kappa shape index (κ1) is 16.7. The highest BCUT2D eigenvalue weighted by atomic mass is 16.4. The van der Waals surface area contributed by atoms with Gasteiger partial charge in [-0.25, -0.2) is 9.59 Å². The Bertz CT molecular complexity index is 341. The van der Waals surface area contributed by atoms with E-state index >= 15 is 0 Å². The van der Waals surface area contributed by atoms with Gasteiger partial charge in [0.05, 0.1) is 6.10 Å². The number of carbonyl (C=O) groups is 2. The summed E-state index contributed by atoms with van der Waals surface area (Å²) in [5, 5.41) is 20.6. The van der Waals surface area contributed by atoms with Crippen molar-refractivity contribution in [2.45, 2.75) is 31.9 Å². The van der Waals surface area contributed by atoms with Crippen molar-refractivity contribution in [1.29, 1.82) is 0 Å². The third-order valence-corrected chi connectivity index (χ3v) is 3.74. The number of carboxylic acids is 1. The fraction of sp³-hybridized carbons (Fsp3) is 0.846. The molecule has 1 saturated heterocycles. The van der Waals surface area contributed by atoms with Crippen LogP contribution in [0.3, 0.4) is 0 Å². The number of hydrogen-bond acceptors (Lipinski definition) is 4. The molecule has 1 fully saturated rings. The molecule has 7 heteroatoms. The zero-order valence-corrected chi connectivity index (χ0v) is 12.4. The maximum absolute atomic E-state index is 11.9. The van der Waals surface area contributed by atoms with Crippen molar-refractivity contribution >= 4 is 12.0 Å². The van der Waals surface area contributed by atoms with Crippen molar-refractivity contribution in [3.63, 3.8) is 0 Å². The minimum atomic E-state index is -1.28. The van der Waals surface area contributed by atoms with E-state index in [1.165, 1.54) is 11.8 Å². The van der Waals surface area contributed by atoms with Crippen LogP contribution in [0, 0.1) is 5.92 Å². The molecule has 3 N–H and O–H groups in total. The van der Waals surface area contributed by atoms with Gasteiger partial charge < -0.3 is 25.3 Å². The molecule has 2 amide bonds. The molecule has 0 aromatic rings. The zero-order chi connectivity index (χ0) is 15.3. The SMILES string of the molecule is C[C@@H](O)[C@H](NC(=O)N(C)CC1CCN(C)CC1)C(=O)O. The molecule has 1 rings (SSSR count). The van der Waals surface area contributed by atoms with Crippen LogP contribution in [-0.2, 0) is 4.79 Å². The standard InChI is InChI=1S/C13H25N3O4/c1-9(17)11(12(18)19)14-13(20)16(3)8-10-4-6-15(2)7-5-10/h9-11,17H,4-8H2,1-3H3,(H,14,20)(H,18,19)/t9-,11+/m1/s1. The maximum Gasteiger partial charge on any atom is 0.328 e. The summed E-state index contributed by atoms with van der Waals surface area (Å²) < 4.78 is 0. The van der Waals surface area contributed by atoms with E-state index in [1.54, 1.807) is 7.05 Å². The quantitative estimate of drug-likeness (QED) is 0.651. The lowest BCUT2D eigenvalue weighted by molar-refractivity contribution is -0.141. The molecule has 0 aromatic heterocycles. The van der Waals surface area contributed by atoms with Crippen LogP contribution in [0.25, 0.3) is 0 Å². The summed E-state index contributed by atoms with van der Waals surface area (Å²) in [7, 11) is 3.72. The van der Waals surface area contributed by atoms with Gasteiger partial charge in [-0.1, -0.05) is 0 Å². The first-order valence-corrected chi connectivity index (χ1v) is 6.92. The van der Waals surface area contributed by atoms with Crippen molar-refractivity contribution < 1.29 is 19.8 Å². The molecule has 0 saturated carbocycles. The lowest BCUT2D eigenvalue weighted by atomic mass is 9.97. The molecule has 1 aliphatic rings. The molecular formula is C13H25N3O4. The van der Waals surface area contributed by atoms with E-state index < -0.39 is 24.1 Å². The van der Waals surface area contributed by atoms with E-state index in [0.29, 0.717) is 12.5 Å². The fourth-order valence-corrected chi connectivity index (χ4v) is 2.35. The molecule has 116 valence electrons. The number of piperidine rings is 1. The summed E-state index contributed by atoms with van der Waals surface area (Å²) in [6.07, 6.45) is 0.938. The van der Waals surface area contributed by atoms with Crippen LogP contribution in [-0.4, -0.2) is 77.9 Å². The molecule has 0 unspecified atom stereocenters. The number of nitrogens with zero attached hydrogens (tertiary/aromatic N) is 2. The van der Waals surface area contributed by atoms with E-state index in [2.05, 4.69) is 17.3 Å². The van der Waals surface area contributed by atoms with Crippen LogP contribution in [0.4, 0.5) is 4.79 Å². The molecule has 0 aliphatic carbocycles. The Morgan fingerprint density at radius 3 is 2.40 bits per heavy atom. The topological polar surface area (TPSA) is 93.1 Å². The largest absolute Gasteiger partial charge is 0.480 e. The van der Waals surface area contributed by atoms with E-state index in [1.807, 2.05) is 0 Å². The number of carbonyl (C=O) groups excluding carboxylic acids is 1. The van der Waals surface area contributed by atoms with Gasteiger partial charge >= 0.3 is 12.0 Å². The van der Waals surface area contributed by atoms with Crippen molar-refractivity contribution in [3.05, 3.63) is 0 Å². The molecule has 0 bridgehead atoms. The molecule has 1 heterocycles. The van der Waals surface area contributed by atoms with Crippen LogP contribution in [0.5, 0.6) is 0 Å². The third kappa shape index (κ3) is 4.97. The maximum atomic E-state index is 11.9. The Kier molecular flexibility index (Phi) is 6.22. The van der Waals surface area contributed by atoms with E-state index in [9.17, 15) is 14.7 Å². The number of aliphatic hydroxyl groups excluding tert-OH is 1. The second-order valence-corrected chi connectivity index (χ2v) is 5.63. The lowest BCUT2D eigenvalue weighted by Gasteiger charge is -2.32. The minimum Gasteiger partial charge on any atom is -0.480 e. The average Bonchev–Trinajstić information content (AvgIpc) is 2.37. The predicted octanol–water partition coefficient (Wildman–Crippen LogP) is -0.196. The Morgan fingerprint density at radius 2 is 1.95 bits per heavy atom. The summed E-state index contributed by atoms with van der Waals surface area (Å²) in [4.78, 5) is 26.6. The fourth-order valence-electron chi connectivity index (χ4n) is 2.35. The summed E-state index contributed by atoms with van der Waals surface area (Å²) in [6.45, 7) is 3.99. The Morgan fingerprint density at radius 1 is 1.40 bits per heavy atom.